The standard InChI is InChI=1S/C19H30N6OS/c1-3-7-17-22-19(27-23-17)21-16-8-5-4-6-10-24(13-16)18(26)12-15(2)25-11-9-20-14-25/h9,11,14-16H,3-8,10,12-13H2,1-2H3,(H,21,22,23). The average Bonchev–Trinajstić information content (AvgIpc) is 3.29. The molecule has 0 radical (unpaired) electrons. The number of aryl methyl sites for hydroxylation is 1. The average molecular weight is 391 g/mol. The van der Waals surface area contributed by atoms with E-state index in [0.29, 0.717) is 6.42 Å². The maximum Gasteiger partial charge on any atom is 0.224 e. The molecule has 0 bridgehead atoms. The highest BCUT2D eigenvalue weighted by atomic mass is 32.1. The molecule has 1 N–H and O–H groups in total. The molecule has 8 heteroatoms. The Labute approximate surface area is 165 Å². The summed E-state index contributed by atoms with van der Waals surface area (Å²) in [5.41, 5.74) is 0. The Balaban J connectivity index is 1.59. The zero-order valence-electron chi connectivity index (χ0n) is 16.3. The molecular formula is C19H30N6OS. The van der Waals surface area contributed by atoms with Gasteiger partial charge < -0.3 is 14.8 Å². The zero-order chi connectivity index (χ0) is 19.1. The molecule has 1 aliphatic rings. The molecule has 0 spiro atoms. The summed E-state index contributed by atoms with van der Waals surface area (Å²) in [5, 5.41) is 4.41. The van der Waals surface area contributed by atoms with E-state index in [0.717, 1.165) is 56.1 Å². The maximum absolute atomic E-state index is 12.9. The molecule has 3 heterocycles. The second-order valence-corrected chi connectivity index (χ2v) is 8.11. The first-order chi connectivity index (χ1) is 13.2. The zero-order valence-corrected chi connectivity index (χ0v) is 17.1. The van der Waals surface area contributed by atoms with Crippen LogP contribution in [0, 0.1) is 0 Å². The molecule has 0 aromatic carbocycles. The minimum Gasteiger partial charge on any atom is -0.356 e. The minimum absolute atomic E-state index is 0.122. The molecule has 1 aliphatic heterocycles. The molecule has 1 amide bonds. The van der Waals surface area contributed by atoms with E-state index in [1.54, 1.807) is 12.5 Å². The van der Waals surface area contributed by atoms with Crippen LogP contribution in [-0.4, -0.2) is 48.8 Å². The van der Waals surface area contributed by atoms with Crippen LogP contribution >= 0.6 is 11.5 Å². The summed E-state index contributed by atoms with van der Waals surface area (Å²) >= 11 is 1.43. The van der Waals surface area contributed by atoms with E-state index in [1.807, 2.05) is 15.7 Å². The normalized spacial score (nSPS) is 19.3. The number of likely N-dealkylation sites (tertiary alicyclic amines) is 1. The molecule has 148 valence electrons. The Hall–Kier alpha value is -1.96. The van der Waals surface area contributed by atoms with Gasteiger partial charge in [0.1, 0.15) is 5.82 Å². The second kappa shape index (κ2) is 9.82. The third kappa shape index (κ3) is 5.76. The molecule has 2 unspecified atom stereocenters. The number of hydrogen-bond donors (Lipinski definition) is 1. The molecule has 2 atom stereocenters. The molecule has 1 saturated heterocycles. The van der Waals surface area contributed by atoms with Gasteiger partial charge in [0.05, 0.1) is 6.33 Å². The van der Waals surface area contributed by atoms with E-state index < -0.39 is 0 Å². The van der Waals surface area contributed by atoms with Crippen LogP contribution in [0.15, 0.2) is 18.7 Å². The summed E-state index contributed by atoms with van der Waals surface area (Å²) in [6.45, 7) is 5.77. The van der Waals surface area contributed by atoms with Gasteiger partial charge in [-0.1, -0.05) is 19.8 Å². The third-order valence-corrected chi connectivity index (χ3v) is 5.73. The number of rotatable bonds is 7. The second-order valence-electron chi connectivity index (χ2n) is 7.36. The minimum atomic E-state index is 0.122. The highest BCUT2D eigenvalue weighted by Gasteiger charge is 2.23. The quantitative estimate of drug-likeness (QED) is 0.783. The summed E-state index contributed by atoms with van der Waals surface area (Å²) in [6.07, 6.45) is 12.4. The number of nitrogens with zero attached hydrogens (tertiary/aromatic N) is 5. The summed E-state index contributed by atoms with van der Waals surface area (Å²) in [7, 11) is 0. The molecule has 1 fully saturated rings. The van der Waals surface area contributed by atoms with Gasteiger partial charge >= 0.3 is 0 Å². The molecular weight excluding hydrogens is 360 g/mol. The third-order valence-electron chi connectivity index (χ3n) is 5.05. The Kier molecular flexibility index (Phi) is 7.20. The highest BCUT2D eigenvalue weighted by Crippen LogP contribution is 2.20. The predicted molar refractivity (Wildman–Crippen MR) is 108 cm³/mol. The van der Waals surface area contributed by atoms with Crippen molar-refractivity contribution in [3.8, 4) is 0 Å². The fourth-order valence-corrected chi connectivity index (χ4v) is 4.18. The van der Waals surface area contributed by atoms with Crippen LogP contribution in [-0.2, 0) is 11.2 Å². The first kappa shape index (κ1) is 19.8. The lowest BCUT2D eigenvalue weighted by molar-refractivity contribution is -0.132. The van der Waals surface area contributed by atoms with Crippen molar-refractivity contribution < 1.29 is 4.79 Å². The Morgan fingerprint density at radius 3 is 3.07 bits per heavy atom. The molecule has 27 heavy (non-hydrogen) atoms. The first-order valence-corrected chi connectivity index (χ1v) is 10.8. The van der Waals surface area contributed by atoms with Gasteiger partial charge in [0.25, 0.3) is 0 Å². The first-order valence-electron chi connectivity index (χ1n) is 10.00. The Morgan fingerprint density at radius 1 is 1.41 bits per heavy atom. The Bertz CT molecular complexity index is 701. The number of nitrogens with one attached hydrogen (secondary N) is 1. The molecule has 7 nitrogen and oxygen atoms in total. The lowest BCUT2D eigenvalue weighted by atomic mass is 10.0. The largest absolute Gasteiger partial charge is 0.356 e. The van der Waals surface area contributed by atoms with Gasteiger partial charge in [0.2, 0.25) is 11.0 Å². The number of amides is 1. The number of carbonyl (C=O) groups is 1. The SMILES string of the molecule is CCCc1nsc(NC2CCCCCN(C(=O)CC(C)n3ccnc3)C2)n1. The van der Waals surface area contributed by atoms with Crippen LogP contribution in [0.1, 0.15) is 64.2 Å². The van der Waals surface area contributed by atoms with Crippen LogP contribution in [0.2, 0.25) is 0 Å². The van der Waals surface area contributed by atoms with Gasteiger partial charge in [-0.3, -0.25) is 4.79 Å². The monoisotopic (exact) mass is 390 g/mol. The van der Waals surface area contributed by atoms with E-state index in [2.05, 4.69) is 33.5 Å². The number of aromatic nitrogens is 4. The maximum atomic E-state index is 12.9. The fraction of sp³-hybridized carbons (Fsp3) is 0.684. The smallest absolute Gasteiger partial charge is 0.224 e. The van der Waals surface area contributed by atoms with Gasteiger partial charge in [-0.15, -0.1) is 0 Å². The van der Waals surface area contributed by atoms with Gasteiger partial charge in [0, 0.05) is 61.9 Å². The van der Waals surface area contributed by atoms with Crippen molar-refractivity contribution in [2.45, 2.75) is 70.9 Å². The summed E-state index contributed by atoms with van der Waals surface area (Å²) in [5.74, 6) is 1.13. The van der Waals surface area contributed by atoms with E-state index in [9.17, 15) is 4.79 Å². The van der Waals surface area contributed by atoms with Gasteiger partial charge in [0.15, 0.2) is 0 Å². The van der Waals surface area contributed by atoms with E-state index >= 15 is 0 Å². The lowest BCUT2D eigenvalue weighted by Gasteiger charge is -2.31. The number of anilines is 1. The highest BCUT2D eigenvalue weighted by molar-refractivity contribution is 7.09. The van der Waals surface area contributed by atoms with Crippen molar-refractivity contribution in [1.29, 1.82) is 0 Å². The van der Waals surface area contributed by atoms with E-state index in [4.69, 9.17) is 0 Å². The van der Waals surface area contributed by atoms with E-state index in [1.165, 1.54) is 18.0 Å². The van der Waals surface area contributed by atoms with Crippen LogP contribution in [0.5, 0.6) is 0 Å². The van der Waals surface area contributed by atoms with Crippen molar-refractivity contribution in [2.24, 2.45) is 0 Å². The lowest BCUT2D eigenvalue weighted by Crippen LogP contribution is -2.42. The van der Waals surface area contributed by atoms with Crippen LogP contribution in [0.25, 0.3) is 0 Å². The molecule has 2 aromatic rings. The van der Waals surface area contributed by atoms with E-state index in [-0.39, 0.29) is 18.0 Å². The van der Waals surface area contributed by atoms with Gasteiger partial charge in [-0.25, -0.2) is 9.97 Å². The number of imidazole rings is 1. The predicted octanol–water partition coefficient (Wildman–Crippen LogP) is 3.52. The summed E-state index contributed by atoms with van der Waals surface area (Å²) < 4.78 is 6.41. The van der Waals surface area contributed by atoms with Crippen molar-refractivity contribution in [3.05, 3.63) is 24.5 Å². The van der Waals surface area contributed by atoms with Crippen LogP contribution in [0.3, 0.4) is 0 Å². The van der Waals surface area contributed by atoms with Crippen molar-refractivity contribution in [3.63, 3.8) is 0 Å². The number of hydrogen-bond acceptors (Lipinski definition) is 6. The van der Waals surface area contributed by atoms with Crippen LogP contribution < -0.4 is 5.32 Å². The molecule has 0 saturated carbocycles. The Morgan fingerprint density at radius 2 is 2.30 bits per heavy atom. The van der Waals surface area contributed by atoms with Gasteiger partial charge in [-0.05, 0) is 26.2 Å². The topological polar surface area (TPSA) is 75.9 Å². The van der Waals surface area contributed by atoms with Crippen molar-refractivity contribution in [1.82, 2.24) is 23.8 Å². The van der Waals surface area contributed by atoms with Crippen molar-refractivity contribution in [2.75, 3.05) is 18.4 Å². The summed E-state index contributed by atoms with van der Waals surface area (Å²) in [6, 6.07) is 0.358. The van der Waals surface area contributed by atoms with Gasteiger partial charge in [-0.2, -0.15) is 4.37 Å². The summed E-state index contributed by atoms with van der Waals surface area (Å²) in [4.78, 5) is 23.6. The molecule has 2 aromatic heterocycles. The number of carbonyl (C=O) groups excluding carboxylic acids is 1. The fourth-order valence-electron chi connectivity index (χ4n) is 3.49. The molecule has 3 rings (SSSR count). The molecule has 0 aliphatic carbocycles. The van der Waals surface area contributed by atoms with Crippen molar-refractivity contribution >= 4 is 22.6 Å². The van der Waals surface area contributed by atoms with Crippen LogP contribution in [0.4, 0.5) is 5.13 Å².